The molecule has 2 aliphatic heterocycles. The van der Waals surface area contributed by atoms with Crippen LogP contribution in [-0.2, 0) is 9.47 Å². The van der Waals surface area contributed by atoms with E-state index in [1.807, 2.05) is 0 Å². The van der Waals surface area contributed by atoms with Gasteiger partial charge >= 0.3 is 6.08 Å². The molecule has 1 aromatic heterocycles. The molecule has 2 saturated heterocycles. The number of anilines is 1. The van der Waals surface area contributed by atoms with Crippen molar-refractivity contribution >= 4 is 32.7 Å². The quantitative estimate of drug-likeness (QED) is 0.541. The predicted molar refractivity (Wildman–Crippen MR) is 83.4 cm³/mol. The number of hydrogen-bond acceptors (Lipinski definition) is 5. The number of benzene rings is 1. The Morgan fingerprint density at radius 2 is 2.00 bits per heavy atom. The second-order valence-electron chi connectivity index (χ2n) is 5.95. The number of ether oxygens (including phenoxy) is 2. The molecule has 0 saturated carbocycles. The van der Waals surface area contributed by atoms with Crippen LogP contribution in [0.25, 0.3) is 10.9 Å². The average Bonchev–Trinajstić information content (AvgIpc) is 2.76. The third kappa shape index (κ3) is 2.55. The van der Waals surface area contributed by atoms with Crippen molar-refractivity contribution in [1.29, 1.82) is 0 Å². The second-order valence-corrected chi connectivity index (χ2v) is 6.75. The van der Waals surface area contributed by atoms with Crippen LogP contribution in [0.3, 0.4) is 0 Å². The average molecular weight is 404 g/mol. The zero-order valence-corrected chi connectivity index (χ0v) is 14.1. The number of hydrogen-bond donors (Lipinski definition) is 0. The van der Waals surface area contributed by atoms with Crippen LogP contribution in [0.15, 0.2) is 10.5 Å². The van der Waals surface area contributed by atoms with E-state index in [-0.39, 0.29) is 21.2 Å². The van der Waals surface area contributed by atoms with Crippen LogP contribution in [0.5, 0.6) is 0 Å². The molecule has 1 spiro atoms. The molecule has 0 N–H and O–H groups in total. The van der Waals surface area contributed by atoms with Crippen LogP contribution in [0.4, 0.5) is 19.0 Å². The summed E-state index contributed by atoms with van der Waals surface area (Å²) in [4.78, 5) is 9.02. The Labute approximate surface area is 143 Å². The number of aromatic nitrogens is 2. The summed E-state index contributed by atoms with van der Waals surface area (Å²) >= 11 is 2.81. The first-order valence-corrected chi connectivity index (χ1v) is 8.26. The molecule has 128 valence electrons. The van der Waals surface area contributed by atoms with Gasteiger partial charge in [0.1, 0.15) is 22.8 Å². The molecule has 2 aliphatic rings. The molecule has 0 amide bonds. The summed E-state index contributed by atoms with van der Waals surface area (Å²) in [7, 11) is 0. The molecule has 1 atom stereocenters. The molecule has 3 heterocycles. The lowest BCUT2D eigenvalue weighted by atomic mass is 9.95. The molecule has 2 aromatic rings. The van der Waals surface area contributed by atoms with Crippen LogP contribution in [0.2, 0.25) is 0 Å². The summed E-state index contributed by atoms with van der Waals surface area (Å²) < 4.78 is 52.9. The van der Waals surface area contributed by atoms with Gasteiger partial charge in [-0.3, -0.25) is 0 Å². The van der Waals surface area contributed by atoms with Crippen LogP contribution < -0.4 is 4.90 Å². The Morgan fingerprint density at radius 1 is 1.21 bits per heavy atom. The number of nitrogens with zero attached hydrogens (tertiary/aromatic N) is 3. The smallest absolute Gasteiger partial charge is 0.311 e. The minimum atomic E-state index is -1.07. The van der Waals surface area contributed by atoms with E-state index >= 15 is 0 Å². The third-order valence-electron chi connectivity index (χ3n) is 4.39. The first kappa shape index (κ1) is 16.0. The fourth-order valence-corrected chi connectivity index (χ4v) is 3.39. The zero-order valence-electron chi connectivity index (χ0n) is 12.5. The number of rotatable bonds is 1. The Morgan fingerprint density at radius 3 is 2.71 bits per heavy atom. The maximum Gasteiger partial charge on any atom is 0.311 e. The first-order chi connectivity index (χ1) is 11.5. The van der Waals surface area contributed by atoms with Gasteiger partial charge in [-0.05, 0) is 22.0 Å². The van der Waals surface area contributed by atoms with Gasteiger partial charge in [0.2, 0.25) is 0 Å². The molecule has 0 bridgehead atoms. The molecule has 9 heteroatoms. The lowest BCUT2D eigenvalue weighted by Gasteiger charge is -2.42. The van der Waals surface area contributed by atoms with Crippen molar-refractivity contribution < 1.29 is 22.6 Å². The summed E-state index contributed by atoms with van der Waals surface area (Å²) in [5.74, 6) is -1.60. The molecule has 0 radical (unpaired) electrons. The lowest BCUT2D eigenvalue weighted by molar-refractivity contribution is -0.167. The van der Waals surface area contributed by atoms with E-state index in [4.69, 9.17) is 9.47 Å². The van der Waals surface area contributed by atoms with E-state index in [0.29, 0.717) is 32.9 Å². The normalized spacial score (nSPS) is 24.2. The van der Waals surface area contributed by atoms with E-state index in [9.17, 15) is 13.2 Å². The molecule has 1 aromatic carbocycles. The fraction of sp³-hybridized carbons (Fsp3) is 0.467. The molecule has 4 rings (SSSR count). The Balaban J connectivity index is 1.86. The SMILES string of the molecule is Fc1nc(N2CCOCC3(CCO3)C2)c2cc(F)c(Br)c(F)c2n1. The van der Waals surface area contributed by atoms with Crippen molar-refractivity contribution in [3.63, 3.8) is 0 Å². The molecular weight excluding hydrogens is 391 g/mol. The highest BCUT2D eigenvalue weighted by Gasteiger charge is 2.42. The first-order valence-electron chi connectivity index (χ1n) is 7.46. The Hall–Kier alpha value is -1.45. The van der Waals surface area contributed by atoms with Crippen molar-refractivity contribution in [2.24, 2.45) is 0 Å². The highest BCUT2D eigenvalue weighted by atomic mass is 79.9. The van der Waals surface area contributed by atoms with Crippen LogP contribution >= 0.6 is 15.9 Å². The van der Waals surface area contributed by atoms with Crippen LogP contribution in [-0.4, -0.2) is 48.5 Å². The minimum Gasteiger partial charge on any atom is -0.377 e. The number of halogens is 4. The largest absolute Gasteiger partial charge is 0.377 e. The maximum atomic E-state index is 14.3. The molecule has 2 fully saturated rings. The minimum absolute atomic E-state index is 0.117. The summed E-state index contributed by atoms with van der Waals surface area (Å²) in [6, 6.07) is 1.11. The van der Waals surface area contributed by atoms with Gasteiger partial charge in [-0.1, -0.05) is 0 Å². The maximum absolute atomic E-state index is 14.3. The van der Waals surface area contributed by atoms with E-state index in [1.54, 1.807) is 4.90 Å². The van der Waals surface area contributed by atoms with Crippen LogP contribution in [0, 0.1) is 17.7 Å². The summed E-state index contributed by atoms with van der Waals surface area (Å²) in [5, 5.41) is 0.117. The Kier molecular flexibility index (Phi) is 3.89. The topological polar surface area (TPSA) is 47.5 Å². The lowest BCUT2D eigenvalue weighted by Crippen LogP contribution is -2.54. The number of fused-ring (bicyclic) bond motifs is 1. The van der Waals surface area contributed by atoms with Crippen molar-refractivity contribution in [1.82, 2.24) is 9.97 Å². The van der Waals surface area contributed by atoms with E-state index in [1.165, 1.54) is 0 Å². The van der Waals surface area contributed by atoms with Gasteiger partial charge in [-0.2, -0.15) is 14.4 Å². The molecular formula is C15H13BrF3N3O2. The molecule has 24 heavy (non-hydrogen) atoms. The summed E-state index contributed by atoms with van der Waals surface area (Å²) in [6.45, 7) is 2.28. The monoisotopic (exact) mass is 403 g/mol. The zero-order chi connectivity index (χ0) is 16.9. The standard InChI is InChI=1S/C15H13BrF3N3O2/c16-10-9(17)5-8-12(11(10)18)20-14(19)21-13(8)22-2-4-23-7-15(6-22)1-3-24-15/h5H,1-4,6-7H2. The highest BCUT2D eigenvalue weighted by molar-refractivity contribution is 9.10. The van der Waals surface area contributed by atoms with Crippen molar-refractivity contribution in [3.8, 4) is 0 Å². The highest BCUT2D eigenvalue weighted by Crippen LogP contribution is 2.35. The van der Waals surface area contributed by atoms with Gasteiger partial charge in [-0.15, -0.1) is 0 Å². The molecule has 5 nitrogen and oxygen atoms in total. The summed E-state index contributed by atoms with van der Waals surface area (Å²) in [5.41, 5.74) is -0.740. The van der Waals surface area contributed by atoms with E-state index in [2.05, 4.69) is 25.9 Å². The molecule has 1 unspecified atom stereocenters. The van der Waals surface area contributed by atoms with Gasteiger partial charge in [0.05, 0.1) is 30.8 Å². The van der Waals surface area contributed by atoms with Gasteiger partial charge in [0.15, 0.2) is 5.82 Å². The second kappa shape index (κ2) is 5.82. The van der Waals surface area contributed by atoms with Gasteiger partial charge in [0.25, 0.3) is 0 Å². The van der Waals surface area contributed by atoms with Gasteiger partial charge < -0.3 is 14.4 Å². The summed E-state index contributed by atoms with van der Waals surface area (Å²) in [6.07, 6.45) is -0.257. The fourth-order valence-electron chi connectivity index (χ4n) is 3.09. The van der Waals surface area contributed by atoms with Gasteiger partial charge in [0, 0.05) is 18.4 Å². The van der Waals surface area contributed by atoms with Crippen LogP contribution in [0.1, 0.15) is 6.42 Å². The molecule has 0 aliphatic carbocycles. The van der Waals surface area contributed by atoms with Gasteiger partial charge in [-0.25, -0.2) is 8.78 Å². The predicted octanol–water partition coefficient (Wildman–Crippen LogP) is 2.81. The van der Waals surface area contributed by atoms with E-state index < -0.39 is 23.3 Å². The van der Waals surface area contributed by atoms with Crippen molar-refractivity contribution in [2.45, 2.75) is 12.0 Å². The van der Waals surface area contributed by atoms with Crippen molar-refractivity contribution in [3.05, 3.63) is 28.3 Å². The third-order valence-corrected chi connectivity index (χ3v) is 5.12. The van der Waals surface area contributed by atoms with E-state index in [0.717, 1.165) is 12.5 Å². The van der Waals surface area contributed by atoms with Crippen molar-refractivity contribution in [2.75, 3.05) is 37.8 Å². The Bertz CT molecular complexity index is 816.